The van der Waals surface area contributed by atoms with E-state index in [2.05, 4.69) is 32.0 Å². The van der Waals surface area contributed by atoms with E-state index in [9.17, 15) is 0 Å². The molecular formula is C15H18N4. The Morgan fingerprint density at radius 3 is 2.74 bits per heavy atom. The Morgan fingerprint density at radius 1 is 1.11 bits per heavy atom. The molecule has 0 aromatic carbocycles. The standard InChI is InChI=1S/C15H18N4/c1-2-14(15-5-8-17-12-18-15)11-19(9-1)10-13-3-6-16-7-4-13/h3-8,12,14H,1-2,9-11H2/t14-/m1/s1. The third kappa shape index (κ3) is 3.15. The Kier molecular flexibility index (Phi) is 3.79. The van der Waals surface area contributed by atoms with Gasteiger partial charge in [0.2, 0.25) is 0 Å². The smallest absolute Gasteiger partial charge is 0.115 e. The van der Waals surface area contributed by atoms with Crippen molar-refractivity contribution in [1.82, 2.24) is 19.9 Å². The molecule has 1 aliphatic heterocycles. The van der Waals surface area contributed by atoms with Crippen molar-refractivity contribution in [3.63, 3.8) is 0 Å². The Hall–Kier alpha value is -1.81. The number of likely N-dealkylation sites (tertiary alicyclic amines) is 1. The maximum atomic E-state index is 4.40. The molecule has 1 aliphatic rings. The second-order valence-corrected chi connectivity index (χ2v) is 5.06. The van der Waals surface area contributed by atoms with E-state index in [1.165, 1.54) is 30.6 Å². The van der Waals surface area contributed by atoms with E-state index < -0.39 is 0 Å². The number of pyridine rings is 1. The lowest BCUT2D eigenvalue weighted by Gasteiger charge is -2.32. The van der Waals surface area contributed by atoms with Crippen LogP contribution < -0.4 is 0 Å². The minimum absolute atomic E-state index is 0.540. The Balaban J connectivity index is 1.65. The van der Waals surface area contributed by atoms with E-state index in [-0.39, 0.29) is 0 Å². The van der Waals surface area contributed by atoms with E-state index in [0.717, 1.165) is 13.1 Å². The fraction of sp³-hybridized carbons (Fsp3) is 0.400. The molecule has 0 bridgehead atoms. The quantitative estimate of drug-likeness (QED) is 0.842. The van der Waals surface area contributed by atoms with Gasteiger partial charge in [-0.05, 0) is 43.1 Å². The van der Waals surface area contributed by atoms with Gasteiger partial charge in [0.05, 0.1) is 0 Å². The maximum Gasteiger partial charge on any atom is 0.115 e. The first kappa shape index (κ1) is 12.2. The lowest BCUT2D eigenvalue weighted by Crippen LogP contribution is -2.34. The molecule has 3 rings (SSSR count). The van der Waals surface area contributed by atoms with Crippen LogP contribution in [0.3, 0.4) is 0 Å². The van der Waals surface area contributed by atoms with E-state index in [1.807, 2.05) is 24.7 Å². The summed E-state index contributed by atoms with van der Waals surface area (Å²) >= 11 is 0. The maximum absolute atomic E-state index is 4.40. The molecule has 0 radical (unpaired) electrons. The van der Waals surface area contributed by atoms with Gasteiger partial charge in [-0.3, -0.25) is 9.88 Å². The third-order valence-corrected chi connectivity index (χ3v) is 3.68. The zero-order valence-electron chi connectivity index (χ0n) is 10.9. The van der Waals surface area contributed by atoms with Crippen molar-refractivity contribution in [1.29, 1.82) is 0 Å². The zero-order valence-corrected chi connectivity index (χ0v) is 10.9. The van der Waals surface area contributed by atoms with Crippen LogP contribution in [-0.4, -0.2) is 32.9 Å². The van der Waals surface area contributed by atoms with Gasteiger partial charge in [0.25, 0.3) is 0 Å². The molecule has 0 unspecified atom stereocenters. The lowest BCUT2D eigenvalue weighted by molar-refractivity contribution is 0.198. The van der Waals surface area contributed by atoms with Gasteiger partial charge < -0.3 is 0 Å². The molecule has 0 N–H and O–H groups in total. The highest BCUT2D eigenvalue weighted by Gasteiger charge is 2.22. The molecule has 2 aromatic heterocycles. The summed E-state index contributed by atoms with van der Waals surface area (Å²) in [6, 6.07) is 6.23. The van der Waals surface area contributed by atoms with Crippen molar-refractivity contribution in [2.24, 2.45) is 0 Å². The van der Waals surface area contributed by atoms with Crippen LogP contribution >= 0.6 is 0 Å². The molecule has 3 heterocycles. The Labute approximate surface area is 113 Å². The van der Waals surface area contributed by atoms with Crippen molar-refractivity contribution in [3.05, 3.63) is 54.4 Å². The molecule has 0 saturated carbocycles. The van der Waals surface area contributed by atoms with Gasteiger partial charge >= 0.3 is 0 Å². The molecule has 0 aliphatic carbocycles. The van der Waals surface area contributed by atoms with Crippen LogP contribution in [0.5, 0.6) is 0 Å². The second kappa shape index (κ2) is 5.89. The molecule has 0 amide bonds. The summed E-state index contributed by atoms with van der Waals surface area (Å²) in [6.45, 7) is 3.26. The van der Waals surface area contributed by atoms with Crippen LogP contribution in [0.4, 0.5) is 0 Å². The minimum atomic E-state index is 0.540. The summed E-state index contributed by atoms with van der Waals surface area (Å²) in [4.78, 5) is 15.0. The number of aromatic nitrogens is 3. The van der Waals surface area contributed by atoms with Gasteiger partial charge in [0, 0.05) is 43.3 Å². The van der Waals surface area contributed by atoms with E-state index in [4.69, 9.17) is 0 Å². The number of hydrogen-bond donors (Lipinski definition) is 0. The van der Waals surface area contributed by atoms with Crippen LogP contribution in [0, 0.1) is 0 Å². The van der Waals surface area contributed by atoms with Gasteiger partial charge in [-0.2, -0.15) is 0 Å². The van der Waals surface area contributed by atoms with E-state index >= 15 is 0 Å². The summed E-state index contributed by atoms with van der Waals surface area (Å²) in [7, 11) is 0. The Bertz CT molecular complexity index is 500. The van der Waals surface area contributed by atoms with Crippen molar-refractivity contribution < 1.29 is 0 Å². The SMILES string of the molecule is c1cc(CN2CCC[C@@H](c3ccncn3)C2)ccn1. The van der Waals surface area contributed by atoms with Crippen LogP contribution in [-0.2, 0) is 6.54 Å². The molecule has 1 saturated heterocycles. The molecule has 0 spiro atoms. The Morgan fingerprint density at radius 2 is 1.95 bits per heavy atom. The summed E-state index contributed by atoms with van der Waals surface area (Å²) in [5.74, 6) is 0.540. The van der Waals surface area contributed by atoms with Gasteiger partial charge in [0.15, 0.2) is 0 Å². The predicted octanol–water partition coefficient (Wildman–Crippen LogP) is 2.25. The highest BCUT2D eigenvalue weighted by atomic mass is 15.1. The molecule has 4 nitrogen and oxygen atoms in total. The van der Waals surface area contributed by atoms with E-state index in [0.29, 0.717) is 5.92 Å². The molecule has 19 heavy (non-hydrogen) atoms. The number of rotatable bonds is 3. The first-order chi connectivity index (χ1) is 9.42. The molecular weight excluding hydrogens is 236 g/mol. The zero-order chi connectivity index (χ0) is 12.9. The summed E-state index contributed by atoms with van der Waals surface area (Å²) in [5, 5.41) is 0. The fourth-order valence-corrected chi connectivity index (χ4v) is 2.73. The topological polar surface area (TPSA) is 41.9 Å². The van der Waals surface area contributed by atoms with Crippen molar-refractivity contribution in [2.75, 3.05) is 13.1 Å². The number of hydrogen-bond acceptors (Lipinski definition) is 4. The second-order valence-electron chi connectivity index (χ2n) is 5.06. The van der Waals surface area contributed by atoms with Crippen molar-refractivity contribution >= 4 is 0 Å². The molecule has 4 heteroatoms. The largest absolute Gasteiger partial charge is 0.298 e. The number of nitrogens with zero attached hydrogens (tertiary/aromatic N) is 4. The average molecular weight is 254 g/mol. The molecule has 1 fully saturated rings. The lowest BCUT2D eigenvalue weighted by atomic mass is 9.94. The highest BCUT2D eigenvalue weighted by Crippen LogP contribution is 2.25. The van der Waals surface area contributed by atoms with Crippen LogP contribution in [0.2, 0.25) is 0 Å². The summed E-state index contributed by atoms with van der Waals surface area (Å²) in [5.41, 5.74) is 2.51. The van der Waals surface area contributed by atoms with E-state index in [1.54, 1.807) is 6.33 Å². The summed E-state index contributed by atoms with van der Waals surface area (Å²) in [6.07, 6.45) is 9.67. The molecule has 98 valence electrons. The third-order valence-electron chi connectivity index (χ3n) is 3.68. The predicted molar refractivity (Wildman–Crippen MR) is 73.5 cm³/mol. The van der Waals surface area contributed by atoms with Gasteiger partial charge in [-0.25, -0.2) is 9.97 Å². The van der Waals surface area contributed by atoms with Gasteiger partial charge in [-0.1, -0.05) is 0 Å². The van der Waals surface area contributed by atoms with Crippen LogP contribution in [0.25, 0.3) is 0 Å². The molecule has 2 aromatic rings. The highest BCUT2D eigenvalue weighted by molar-refractivity contribution is 5.11. The monoisotopic (exact) mass is 254 g/mol. The first-order valence-corrected chi connectivity index (χ1v) is 6.79. The van der Waals surface area contributed by atoms with Crippen LogP contribution in [0.15, 0.2) is 43.1 Å². The summed E-state index contributed by atoms with van der Waals surface area (Å²) < 4.78 is 0. The van der Waals surface area contributed by atoms with Crippen molar-refractivity contribution in [3.8, 4) is 0 Å². The van der Waals surface area contributed by atoms with Crippen molar-refractivity contribution in [2.45, 2.75) is 25.3 Å². The van der Waals surface area contributed by atoms with Gasteiger partial charge in [-0.15, -0.1) is 0 Å². The molecule has 1 atom stereocenters. The van der Waals surface area contributed by atoms with Gasteiger partial charge in [0.1, 0.15) is 6.33 Å². The average Bonchev–Trinajstić information content (AvgIpc) is 2.49. The number of piperidine rings is 1. The fourth-order valence-electron chi connectivity index (χ4n) is 2.73. The minimum Gasteiger partial charge on any atom is -0.298 e. The normalized spacial score (nSPS) is 20.3. The first-order valence-electron chi connectivity index (χ1n) is 6.79. The van der Waals surface area contributed by atoms with Crippen LogP contribution in [0.1, 0.15) is 30.0 Å².